The van der Waals surface area contributed by atoms with E-state index < -0.39 is 11.7 Å². The molecular formula is C18H13F3N2O2. The van der Waals surface area contributed by atoms with Gasteiger partial charge in [0.25, 0.3) is 0 Å². The van der Waals surface area contributed by atoms with Crippen molar-refractivity contribution in [2.75, 3.05) is 5.32 Å². The number of carbonyl (C=O) groups excluding carboxylic acids is 1. The zero-order chi connectivity index (χ0) is 18.0. The van der Waals surface area contributed by atoms with Crippen LogP contribution in [0.2, 0.25) is 0 Å². The smallest absolute Gasteiger partial charge is 0.416 e. The van der Waals surface area contributed by atoms with Crippen LogP contribution in [-0.4, -0.2) is 10.9 Å². The van der Waals surface area contributed by atoms with Crippen LogP contribution in [0.3, 0.4) is 0 Å². The van der Waals surface area contributed by atoms with E-state index in [2.05, 4.69) is 10.3 Å². The molecule has 25 heavy (non-hydrogen) atoms. The summed E-state index contributed by atoms with van der Waals surface area (Å²) in [4.78, 5) is 15.0. The molecule has 1 amide bonds. The van der Waals surface area contributed by atoms with Crippen LogP contribution in [0.4, 0.5) is 18.9 Å². The largest absolute Gasteiger partial charge is 0.457 e. The first-order chi connectivity index (χ1) is 11.8. The number of hydrogen-bond donors (Lipinski definition) is 1. The number of halogens is 3. The van der Waals surface area contributed by atoms with Crippen LogP contribution in [0, 0.1) is 0 Å². The molecule has 0 aliphatic heterocycles. The van der Waals surface area contributed by atoms with Crippen molar-refractivity contribution in [3.8, 4) is 11.5 Å². The van der Waals surface area contributed by atoms with Crippen molar-refractivity contribution in [3.63, 3.8) is 0 Å². The number of nitrogens with zero attached hydrogens (tertiary/aromatic N) is 1. The molecule has 0 atom stereocenters. The van der Waals surface area contributed by atoms with Gasteiger partial charge in [-0.05, 0) is 48.5 Å². The number of rotatable bonds is 3. The summed E-state index contributed by atoms with van der Waals surface area (Å²) in [5, 5.41) is 3.11. The standard InChI is InChI=1S/C18H13F3N2O2/c1-11(24)23-13-3-5-14(6-4-13)25-17-8-9-22-16-10-12(18(19,20)21)2-7-15(16)17/h2-10H,1H3,(H,23,24). The normalized spacial score (nSPS) is 11.4. The average Bonchev–Trinajstić information content (AvgIpc) is 2.55. The molecule has 0 unspecified atom stereocenters. The third-order valence-corrected chi connectivity index (χ3v) is 3.43. The lowest BCUT2D eigenvalue weighted by molar-refractivity contribution is -0.137. The van der Waals surface area contributed by atoms with Gasteiger partial charge in [-0.25, -0.2) is 0 Å². The topological polar surface area (TPSA) is 51.2 Å². The molecule has 3 aromatic rings. The van der Waals surface area contributed by atoms with Crippen LogP contribution in [0.25, 0.3) is 10.9 Å². The molecule has 1 aromatic heterocycles. The van der Waals surface area contributed by atoms with Gasteiger partial charge in [0.2, 0.25) is 5.91 Å². The third kappa shape index (κ3) is 3.88. The summed E-state index contributed by atoms with van der Waals surface area (Å²) in [6, 6.07) is 11.6. The minimum Gasteiger partial charge on any atom is -0.457 e. The molecule has 128 valence electrons. The Balaban J connectivity index is 1.90. The van der Waals surface area contributed by atoms with Gasteiger partial charge in [-0.15, -0.1) is 0 Å². The molecular weight excluding hydrogens is 333 g/mol. The van der Waals surface area contributed by atoms with E-state index in [9.17, 15) is 18.0 Å². The molecule has 0 aliphatic carbocycles. The van der Waals surface area contributed by atoms with Gasteiger partial charge in [0.1, 0.15) is 11.5 Å². The van der Waals surface area contributed by atoms with E-state index >= 15 is 0 Å². The Labute approximate surface area is 141 Å². The number of pyridine rings is 1. The second-order valence-electron chi connectivity index (χ2n) is 5.35. The number of amides is 1. The van der Waals surface area contributed by atoms with Gasteiger partial charge in [0, 0.05) is 24.2 Å². The molecule has 0 bridgehead atoms. The number of benzene rings is 2. The van der Waals surface area contributed by atoms with E-state index in [1.165, 1.54) is 19.2 Å². The first-order valence-electron chi connectivity index (χ1n) is 7.34. The van der Waals surface area contributed by atoms with Gasteiger partial charge in [-0.1, -0.05) is 0 Å². The van der Waals surface area contributed by atoms with Crippen LogP contribution in [0.15, 0.2) is 54.7 Å². The molecule has 0 aliphatic rings. The highest BCUT2D eigenvalue weighted by molar-refractivity contribution is 5.88. The lowest BCUT2D eigenvalue weighted by Crippen LogP contribution is -2.05. The monoisotopic (exact) mass is 346 g/mol. The number of aromatic nitrogens is 1. The number of ether oxygens (including phenoxy) is 1. The highest BCUT2D eigenvalue weighted by atomic mass is 19.4. The minimum atomic E-state index is -4.42. The predicted molar refractivity (Wildman–Crippen MR) is 87.6 cm³/mol. The van der Waals surface area contributed by atoms with E-state index in [1.807, 2.05) is 0 Å². The first-order valence-corrected chi connectivity index (χ1v) is 7.34. The number of alkyl halides is 3. The number of hydrogen-bond acceptors (Lipinski definition) is 3. The van der Waals surface area contributed by atoms with E-state index in [0.29, 0.717) is 22.6 Å². The summed E-state index contributed by atoms with van der Waals surface area (Å²) in [5.74, 6) is 0.696. The maximum Gasteiger partial charge on any atom is 0.416 e. The number of fused-ring (bicyclic) bond motifs is 1. The van der Waals surface area contributed by atoms with Crippen LogP contribution < -0.4 is 10.1 Å². The Bertz CT molecular complexity index is 922. The summed E-state index contributed by atoms with van der Waals surface area (Å²) in [7, 11) is 0. The lowest BCUT2D eigenvalue weighted by atomic mass is 10.1. The Morgan fingerprint density at radius 3 is 2.44 bits per heavy atom. The highest BCUT2D eigenvalue weighted by Gasteiger charge is 2.30. The fraction of sp³-hybridized carbons (Fsp3) is 0.111. The zero-order valence-corrected chi connectivity index (χ0v) is 13.1. The van der Waals surface area contributed by atoms with Gasteiger partial charge >= 0.3 is 6.18 Å². The Morgan fingerprint density at radius 2 is 1.80 bits per heavy atom. The van der Waals surface area contributed by atoms with E-state index in [-0.39, 0.29) is 11.4 Å². The predicted octanol–water partition coefficient (Wildman–Crippen LogP) is 5.00. The van der Waals surface area contributed by atoms with Crippen LogP contribution in [0.1, 0.15) is 12.5 Å². The van der Waals surface area contributed by atoms with Gasteiger partial charge in [0.05, 0.1) is 11.1 Å². The van der Waals surface area contributed by atoms with Crippen molar-refractivity contribution in [2.45, 2.75) is 13.1 Å². The number of nitrogens with one attached hydrogen (secondary N) is 1. The molecule has 0 radical (unpaired) electrons. The number of carbonyl (C=O) groups is 1. The van der Waals surface area contributed by atoms with E-state index in [4.69, 9.17) is 4.74 Å². The maximum atomic E-state index is 12.8. The quantitative estimate of drug-likeness (QED) is 0.726. The molecule has 0 saturated carbocycles. The SMILES string of the molecule is CC(=O)Nc1ccc(Oc2ccnc3cc(C(F)(F)F)ccc23)cc1. The Morgan fingerprint density at radius 1 is 1.08 bits per heavy atom. The molecule has 0 saturated heterocycles. The molecule has 1 heterocycles. The van der Waals surface area contributed by atoms with Crippen molar-refractivity contribution in [1.29, 1.82) is 0 Å². The molecule has 2 aromatic carbocycles. The van der Waals surface area contributed by atoms with Crippen LogP contribution in [-0.2, 0) is 11.0 Å². The Hall–Kier alpha value is -3.09. The fourth-order valence-electron chi connectivity index (χ4n) is 2.32. The molecule has 4 nitrogen and oxygen atoms in total. The van der Waals surface area contributed by atoms with Crippen LogP contribution in [0.5, 0.6) is 11.5 Å². The Kier molecular flexibility index (Phi) is 4.31. The highest BCUT2D eigenvalue weighted by Crippen LogP contribution is 2.34. The first kappa shape index (κ1) is 16.8. The minimum absolute atomic E-state index is 0.186. The molecule has 3 rings (SSSR count). The summed E-state index contributed by atoms with van der Waals surface area (Å²) in [5.41, 5.74) is 0.0563. The molecule has 0 fully saturated rings. The fourth-order valence-corrected chi connectivity index (χ4v) is 2.32. The van der Waals surface area contributed by atoms with E-state index in [0.717, 1.165) is 12.1 Å². The second kappa shape index (κ2) is 6.43. The van der Waals surface area contributed by atoms with Crippen molar-refractivity contribution in [1.82, 2.24) is 4.98 Å². The molecule has 0 spiro atoms. The summed E-state index contributed by atoms with van der Waals surface area (Å²) in [6.07, 6.45) is -3.03. The maximum absolute atomic E-state index is 12.8. The third-order valence-electron chi connectivity index (χ3n) is 3.43. The summed E-state index contributed by atoms with van der Waals surface area (Å²) in [6.45, 7) is 1.41. The van der Waals surface area contributed by atoms with E-state index in [1.54, 1.807) is 30.3 Å². The number of anilines is 1. The van der Waals surface area contributed by atoms with Gasteiger partial charge < -0.3 is 10.1 Å². The zero-order valence-electron chi connectivity index (χ0n) is 13.1. The van der Waals surface area contributed by atoms with Gasteiger partial charge in [0.15, 0.2) is 0 Å². The van der Waals surface area contributed by atoms with Crippen molar-refractivity contribution in [3.05, 3.63) is 60.3 Å². The summed E-state index contributed by atoms with van der Waals surface area (Å²) >= 11 is 0. The van der Waals surface area contributed by atoms with Gasteiger partial charge in [-0.2, -0.15) is 13.2 Å². The lowest BCUT2D eigenvalue weighted by Gasteiger charge is -2.11. The van der Waals surface area contributed by atoms with Gasteiger partial charge in [-0.3, -0.25) is 9.78 Å². The van der Waals surface area contributed by atoms with Crippen LogP contribution >= 0.6 is 0 Å². The molecule has 7 heteroatoms. The second-order valence-corrected chi connectivity index (χ2v) is 5.35. The average molecular weight is 346 g/mol. The van der Waals surface area contributed by atoms with Crippen molar-refractivity contribution < 1.29 is 22.7 Å². The summed E-state index contributed by atoms with van der Waals surface area (Å²) < 4.78 is 44.2. The van der Waals surface area contributed by atoms with Crippen molar-refractivity contribution >= 4 is 22.5 Å². The van der Waals surface area contributed by atoms with Crippen molar-refractivity contribution in [2.24, 2.45) is 0 Å². The molecule has 1 N–H and O–H groups in total.